The van der Waals surface area contributed by atoms with Crippen molar-refractivity contribution in [2.75, 3.05) is 0 Å². The molecule has 0 atom stereocenters. The molecule has 0 aliphatic carbocycles. The number of hydrogen-bond donors (Lipinski definition) is 0. The molecule has 0 aromatic carbocycles. The smallest absolute Gasteiger partial charge is 0.312 e. The van der Waals surface area contributed by atoms with Gasteiger partial charge in [-0.25, -0.2) is 0 Å². The van der Waals surface area contributed by atoms with Crippen LogP contribution in [0.1, 0.15) is 86.5 Å². The van der Waals surface area contributed by atoms with Gasteiger partial charge in [0.05, 0.1) is 5.41 Å². The summed E-state index contributed by atoms with van der Waals surface area (Å²) in [6.45, 7) is 12.5. The molecule has 0 rings (SSSR count). The van der Waals surface area contributed by atoms with E-state index in [1.807, 2.05) is 20.8 Å². The highest BCUT2D eigenvalue weighted by atomic mass is 16.6. The molecule has 108 valence electrons. The Labute approximate surface area is 113 Å². The number of carbonyl (C=O) groups is 1. The summed E-state index contributed by atoms with van der Waals surface area (Å²) < 4.78 is 5.98. The molecule has 0 heterocycles. The summed E-state index contributed by atoms with van der Waals surface area (Å²) in [7, 11) is 0. The van der Waals surface area contributed by atoms with Crippen molar-refractivity contribution < 1.29 is 9.53 Å². The van der Waals surface area contributed by atoms with Gasteiger partial charge in [0, 0.05) is 0 Å². The fourth-order valence-electron chi connectivity index (χ4n) is 2.37. The topological polar surface area (TPSA) is 26.3 Å². The Morgan fingerprint density at radius 3 is 1.56 bits per heavy atom. The molecule has 0 radical (unpaired) electrons. The first-order valence-electron chi connectivity index (χ1n) is 7.61. The Bertz CT molecular complexity index is 226. The van der Waals surface area contributed by atoms with Crippen LogP contribution in [0.4, 0.5) is 0 Å². The highest BCUT2D eigenvalue weighted by molar-refractivity contribution is 5.76. The summed E-state index contributed by atoms with van der Waals surface area (Å²) in [6, 6.07) is 0. The van der Waals surface area contributed by atoms with Crippen molar-refractivity contribution in [2.24, 2.45) is 5.41 Å². The molecule has 0 N–H and O–H groups in total. The first kappa shape index (κ1) is 17.5. The van der Waals surface area contributed by atoms with E-state index in [1.165, 1.54) is 0 Å². The summed E-state index contributed by atoms with van der Waals surface area (Å²) in [5.74, 6) is -0.0275. The zero-order valence-electron chi connectivity index (χ0n) is 13.3. The monoisotopic (exact) mass is 256 g/mol. The summed E-state index contributed by atoms with van der Waals surface area (Å²) in [6.07, 6.45) is 6.99. The number of esters is 1. The predicted molar refractivity (Wildman–Crippen MR) is 77.6 cm³/mol. The molecule has 2 nitrogen and oxygen atoms in total. The minimum Gasteiger partial charge on any atom is -0.459 e. The summed E-state index contributed by atoms with van der Waals surface area (Å²) in [5, 5.41) is 0. The van der Waals surface area contributed by atoms with Gasteiger partial charge in [0.2, 0.25) is 0 Å². The SMILES string of the molecule is CCCC(CCC)(CCC)OC(=O)C(C)(C)CC. The van der Waals surface area contributed by atoms with Crippen LogP contribution in [0, 0.1) is 5.41 Å². The minimum absolute atomic E-state index is 0.0275. The lowest BCUT2D eigenvalue weighted by Gasteiger charge is -2.36. The second-order valence-electron chi connectivity index (χ2n) is 6.06. The molecule has 0 aliphatic rings. The third-order valence-electron chi connectivity index (χ3n) is 3.86. The van der Waals surface area contributed by atoms with E-state index in [2.05, 4.69) is 20.8 Å². The molecule has 0 amide bonds. The van der Waals surface area contributed by atoms with Crippen LogP contribution in [0.2, 0.25) is 0 Å². The summed E-state index contributed by atoms with van der Waals surface area (Å²) >= 11 is 0. The van der Waals surface area contributed by atoms with E-state index in [4.69, 9.17) is 4.74 Å². The maximum Gasteiger partial charge on any atom is 0.312 e. The van der Waals surface area contributed by atoms with Crippen LogP contribution in [0.25, 0.3) is 0 Å². The van der Waals surface area contributed by atoms with Crippen LogP contribution >= 0.6 is 0 Å². The van der Waals surface area contributed by atoms with Gasteiger partial charge in [-0.3, -0.25) is 4.79 Å². The van der Waals surface area contributed by atoms with Crippen LogP contribution in [0.3, 0.4) is 0 Å². The van der Waals surface area contributed by atoms with Gasteiger partial charge in [0.15, 0.2) is 0 Å². The van der Waals surface area contributed by atoms with Crippen LogP contribution in [-0.4, -0.2) is 11.6 Å². The number of hydrogen-bond acceptors (Lipinski definition) is 2. The Kier molecular flexibility index (Phi) is 7.58. The summed E-state index contributed by atoms with van der Waals surface area (Å²) in [5.41, 5.74) is -0.581. The molecule has 0 spiro atoms. The van der Waals surface area contributed by atoms with Crippen molar-refractivity contribution >= 4 is 5.97 Å². The zero-order valence-corrected chi connectivity index (χ0v) is 13.3. The number of rotatable bonds is 9. The van der Waals surface area contributed by atoms with Crippen molar-refractivity contribution in [3.8, 4) is 0 Å². The van der Waals surface area contributed by atoms with E-state index in [-0.39, 0.29) is 17.0 Å². The molecule has 0 aromatic rings. The maximum atomic E-state index is 12.3. The fourth-order valence-corrected chi connectivity index (χ4v) is 2.37. The van der Waals surface area contributed by atoms with Crippen LogP contribution in [-0.2, 0) is 9.53 Å². The van der Waals surface area contributed by atoms with Crippen molar-refractivity contribution in [1.29, 1.82) is 0 Å². The molecule has 0 aliphatic heterocycles. The normalized spacial score (nSPS) is 12.6. The molecule has 0 unspecified atom stereocenters. The van der Waals surface area contributed by atoms with E-state index in [1.54, 1.807) is 0 Å². The van der Waals surface area contributed by atoms with Crippen LogP contribution < -0.4 is 0 Å². The third-order valence-corrected chi connectivity index (χ3v) is 3.86. The maximum absolute atomic E-state index is 12.3. The minimum atomic E-state index is -0.361. The van der Waals surface area contributed by atoms with E-state index >= 15 is 0 Å². The molecular formula is C16H32O2. The Morgan fingerprint density at radius 1 is 0.889 bits per heavy atom. The molecule has 0 aromatic heterocycles. The standard InChI is InChI=1S/C16H32O2/c1-7-11-16(12-8-2,13-9-3)18-14(17)15(5,6)10-4/h7-13H2,1-6H3. The van der Waals surface area contributed by atoms with Crippen molar-refractivity contribution in [2.45, 2.75) is 92.1 Å². The van der Waals surface area contributed by atoms with E-state index in [9.17, 15) is 4.79 Å². The third kappa shape index (κ3) is 4.99. The molecule has 0 saturated heterocycles. The lowest BCUT2D eigenvalue weighted by Crippen LogP contribution is -2.39. The second kappa shape index (κ2) is 7.81. The number of carbonyl (C=O) groups excluding carboxylic acids is 1. The van der Waals surface area contributed by atoms with Gasteiger partial charge in [-0.2, -0.15) is 0 Å². The largest absolute Gasteiger partial charge is 0.459 e. The van der Waals surface area contributed by atoms with Crippen LogP contribution in [0.15, 0.2) is 0 Å². The predicted octanol–water partition coefficient (Wildman–Crippen LogP) is 5.10. The molecule has 18 heavy (non-hydrogen) atoms. The lowest BCUT2D eigenvalue weighted by molar-refractivity contribution is -0.173. The molecule has 2 heteroatoms. The van der Waals surface area contributed by atoms with E-state index < -0.39 is 0 Å². The first-order valence-corrected chi connectivity index (χ1v) is 7.61. The first-order chi connectivity index (χ1) is 8.37. The van der Waals surface area contributed by atoms with Gasteiger partial charge in [-0.1, -0.05) is 47.0 Å². The Hall–Kier alpha value is -0.530. The summed E-state index contributed by atoms with van der Waals surface area (Å²) in [4.78, 5) is 12.3. The van der Waals surface area contributed by atoms with Gasteiger partial charge in [0.25, 0.3) is 0 Å². The highest BCUT2D eigenvalue weighted by Gasteiger charge is 2.36. The van der Waals surface area contributed by atoms with Crippen molar-refractivity contribution in [3.05, 3.63) is 0 Å². The zero-order chi connectivity index (χ0) is 14.2. The van der Waals surface area contributed by atoms with E-state index in [0.29, 0.717) is 0 Å². The Balaban J connectivity index is 4.90. The van der Waals surface area contributed by atoms with Gasteiger partial charge >= 0.3 is 5.97 Å². The van der Waals surface area contributed by atoms with Gasteiger partial charge in [-0.15, -0.1) is 0 Å². The van der Waals surface area contributed by atoms with Crippen LogP contribution in [0.5, 0.6) is 0 Å². The molecule has 0 bridgehead atoms. The molecule has 0 fully saturated rings. The van der Waals surface area contributed by atoms with Crippen molar-refractivity contribution in [3.63, 3.8) is 0 Å². The quantitative estimate of drug-likeness (QED) is 0.536. The average Bonchev–Trinajstić information content (AvgIpc) is 2.30. The Morgan fingerprint density at radius 2 is 1.28 bits per heavy atom. The fraction of sp³-hybridized carbons (Fsp3) is 0.938. The second-order valence-corrected chi connectivity index (χ2v) is 6.06. The number of ether oxygens (including phenoxy) is 1. The highest BCUT2D eigenvalue weighted by Crippen LogP contribution is 2.33. The average molecular weight is 256 g/mol. The van der Waals surface area contributed by atoms with E-state index in [0.717, 1.165) is 44.9 Å². The van der Waals surface area contributed by atoms with Crippen molar-refractivity contribution in [1.82, 2.24) is 0 Å². The van der Waals surface area contributed by atoms with Gasteiger partial charge in [0.1, 0.15) is 5.60 Å². The van der Waals surface area contributed by atoms with Gasteiger partial charge in [-0.05, 0) is 39.5 Å². The van der Waals surface area contributed by atoms with Gasteiger partial charge < -0.3 is 4.74 Å². The lowest BCUT2D eigenvalue weighted by atomic mass is 9.86. The molecular weight excluding hydrogens is 224 g/mol. The molecule has 0 saturated carbocycles.